The van der Waals surface area contributed by atoms with Gasteiger partial charge < -0.3 is 4.90 Å². The molecule has 0 N–H and O–H groups in total. The Kier molecular flexibility index (Phi) is 4.18. The Morgan fingerprint density at radius 3 is 2.73 bits per heavy atom. The van der Waals surface area contributed by atoms with Crippen molar-refractivity contribution in [2.45, 2.75) is 38.6 Å². The molecule has 0 spiro atoms. The maximum absolute atomic E-state index is 12.7. The van der Waals surface area contributed by atoms with Gasteiger partial charge in [0.25, 0.3) is 5.91 Å². The van der Waals surface area contributed by atoms with Crippen molar-refractivity contribution in [1.82, 2.24) is 25.1 Å². The molecule has 1 fully saturated rings. The highest BCUT2D eigenvalue weighted by Gasteiger charge is 2.25. The number of amides is 1. The van der Waals surface area contributed by atoms with Crippen LogP contribution in [-0.4, -0.2) is 44.1 Å². The summed E-state index contributed by atoms with van der Waals surface area (Å²) < 4.78 is 1.55. The molecule has 1 amide bonds. The van der Waals surface area contributed by atoms with E-state index >= 15 is 0 Å². The third-order valence-electron chi connectivity index (χ3n) is 4.56. The van der Waals surface area contributed by atoms with Gasteiger partial charge in [-0.3, -0.25) is 4.79 Å². The largest absolute Gasteiger partial charge is 0.339 e. The third-order valence-corrected chi connectivity index (χ3v) is 4.56. The van der Waals surface area contributed by atoms with Gasteiger partial charge in [0.2, 0.25) is 0 Å². The lowest BCUT2D eigenvalue weighted by molar-refractivity contribution is 0.0679. The van der Waals surface area contributed by atoms with Crippen LogP contribution in [0.1, 0.15) is 43.0 Å². The molecule has 0 saturated heterocycles. The van der Waals surface area contributed by atoms with Crippen molar-refractivity contribution in [3.63, 3.8) is 0 Å². The molecular weight excluding hydrogens is 278 g/mol. The molecule has 22 heavy (non-hydrogen) atoms. The maximum Gasteiger partial charge on any atom is 0.253 e. The van der Waals surface area contributed by atoms with Crippen LogP contribution in [0.15, 0.2) is 30.6 Å². The summed E-state index contributed by atoms with van der Waals surface area (Å²) in [6, 6.07) is 7.77. The van der Waals surface area contributed by atoms with Gasteiger partial charge in [0.15, 0.2) is 0 Å². The van der Waals surface area contributed by atoms with E-state index in [9.17, 15) is 4.79 Å². The molecule has 0 unspecified atom stereocenters. The van der Waals surface area contributed by atoms with Gasteiger partial charge in [0.05, 0.1) is 5.69 Å². The lowest BCUT2D eigenvalue weighted by Crippen LogP contribution is -2.39. The van der Waals surface area contributed by atoms with Crippen molar-refractivity contribution in [3.8, 4) is 5.69 Å². The molecular formula is C16H21N5O. The number of hydrogen-bond acceptors (Lipinski definition) is 4. The number of aromatic nitrogens is 4. The molecule has 6 nitrogen and oxygen atoms in total. The molecule has 6 heteroatoms. The van der Waals surface area contributed by atoms with Gasteiger partial charge in [-0.25, -0.2) is 4.68 Å². The van der Waals surface area contributed by atoms with Gasteiger partial charge in [0.1, 0.15) is 6.33 Å². The minimum Gasteiger partial charge on any atom is -0.339 e. The van der Waals surface area contributed by atoms with Gasteiger partial charge in [-0.05, 0) is 60.2 Å². The molecule has 1 aliphatic rings. The average molecular weight is 299 g/mol. The van der Waals surface area contributed by atoms with Crippen molar-refractivity contribution < 1.29 is 4.79 Å². The van der Waals surface area contributed by atoms with E-state index in [0.29, 0.717) is 11.6 Å². The number of carbonyl (C=O) groups excluding carboxylic acids is 1. The lowest BCUT2D eigenvalue weighted by Gasteiger charge is -2.33. The molecule has 1 aromatic heterocycles. The SMILES string of the molecule is CC1CCC(N(C)C(=O)c2cccc(-n3cnnn3)c2)CC1. The Labute approximate surface area is 130 Å². The van der Waals surface area contributed by atoms with E-state index < -0.39 is 0 Å². The first-order valence-electron chi connectivity index (χ1n) is 7.75. The first-order valence-corrected chi connectivity index (χ1v) is 7.75. The van der Waals surface area contributed by atoms with Crippen LogP contribution < -0.4 is 0 Å². The average Bonchev–Trinajstić information content (AvgIpc) is 3.09. The van der Waals surface area contributed by atoms with Gasteiger partial charge >= 0.3 is 0 Å². The fourth-order valence-corrected chi connectivity index (χ4v) is 3.06. The van der Waals surface area contributed by atoms with Crippen molar-refractivity contribution >= 4 is 5.91 Å². The molecule has 2 aromatic rings. The topological polar surface area (TPSA) is 63.9 Å². The highest BCUT2D eigenvalue weighted by molar-refractivity contribution is 5.94. The van der Waals surface area contributed by atoms with Crippen molar-refractivity contribution in [1.29, 1.82) is 0 Å². The molecule has 0 aliphatic heterocycles. The second kappa shape index (κ2) is 6.25. The smallest absolute Gasteiger partial charge is 0.253 e. The molecule has 1 saturated carbocycles. The summed E-state index contributed by atoms with van der Waals surface area (Å²) in [4.78, 5) is 14.6. The van der Waals surface area contributed by atoms with E-state index in [2.05, 4.69) is 22.4 Å². The molecule has 1 aromatic carbocycles. The Morgan fingerprint density at radius 2 is 2.05 bits per heavy atom. The zero-order chi connectivity index (χ0) is 15.5. The lowest BCUT2D eigenvalue weighted by atomic mass is 9.86. The van der Waals surface area contributed by atoms with E-state index in [4.69, 9.17) is 0 Å². The fourth-order valence-electron chi connectivity index (χ4n) is 3.06. The van der Waals surface area contributed by atoms with Gasteiger partial charge in [-0.1, -0.05) is 13.0 Å². The normalized spacial score (nSPS) is 21.5. The summed E-state index contributed by atoms with van der Waals surface area (Å²) in [5.74, 6) is 0.845. The van der Waals surface area contributed by atoms with Gasteiger partial charge in [0, 0.05) is 18.7 Å². The highest BCUT2D eigenvalue weighted by atomic mass is 16.2. The van der Waals surface area contributed by atoms with E-state index in [0.717, 1.165) is 24.4 Å². The van der Waals surface area contributed by atoms with Crippen LogP contribution in [-0.2, 0) is 0 Å². The van der Waals surface area contributed by atoms with Gasteiger partial charge in [-0.15, -0.1) is 5.10 Å². The molecule has 0 atom stereocenters. The molecule has 1 heterocycles. The van der Waals surface area contributed by atoms with E-state index in [-0.39, 0.29) is 5.91 Å². The number of tetrazole rings is 1. The third kappa shape index (κ3) is 3.00. The summed E-state index contributed by atoms with van der Waals surface area (Å²) in [5, 5.41) is 11.1. The minimum absolute atomic E-state index is 0.0643. The number of carbonyl (C=O) groups is 1. The van der Waals surface area contributed by atoms with Crippen LogP contribution in [0.2, 0.25) is 0 Å². The molecule has 1 aliphatic carbocycles. The summed E-state index contributed by atoms with van der Waals surface area (Å²) in [5.41, 5.74) is 1.47. The fraction of sp³-hybridized carbons (Fsp3) is 0.500. The zero-order valence-corrected chi connectivity index (χ0v) is 13.0. The van der Waals surface area contributed by atoms with Crippen LogP contribution in [0.25, 0.3) is 5.69 Å². The Balaban J connectivity index is 1.76. The number of benzene rings is 1. The Morgan fingerprint density at radius 1 is 1.27 bits per heavy atom. The first-order chi connectivity index (χ1) is 10.6. The molecule has 116 valence electrons. The van der Waals surface area contributed by atoms with E-state index in [1.165, 1.54) is 19.2 Å². The van der Waals surface area contributed by atoms with E-state index in [1.807, 2.05) is 36.2 Å². The molecule has 0 bridgehead atoms. The van der Waals surface area contributed by atoms with Crippen LogP contribution in [0, 0.1) is 5.92 Å². The van der Waals surface area contributed by atoms with Crippen LogP contribution in [0.5, 0.6) is 0 Å². The van der Waals surface area contributed by atoms with Crippen molar-refractivity contribution in [2.75, 3.05) is 7.05 Å². The van der Waals surface area contributed by atoms with Crippen LogP contribution in [0.3, 0.4) is 0 Å². The van der Waals surface area contributed by atoms with Gasteiger partial charge in [-0.2, -0.15) is 0 Å². The number of nitrogens with zero attached hydrogens (tertiary/aromatic N) is 5. The second-order valence-corrected chi connectivity index (χ2v) is 6.13. The zero-order valence-electron chi connectivity index (χ0n) is 13.0. The van der Waals surface area contributed by atoms with Crippen molar-refractivity contribution in [2.24, 2.45) is 5.92 Å². The highest BCUT2D eigenvalue weighted by Crippen LogP contribution is 2.27. The monoisotopic (exact) mass is 299 g/mol. The maximum atomic E-state index is 12.7. The predicted octanol–water partition coefficient (Wildman–Crippen LogP) is 2.31. The Bertz CT molecular complexity index is 632. The second-order valence-electron chi connectivity index (χ2n) is 6.13. The van der Waals surface area contributed by atoms with Crippen molar-refractivity contribution in [3.05, 3.63) is 36.2 Å². The molecule has 0 radical (unpaired) electrons. The minimum atomic E-state index is 0.0643. The van der Waals surface area contributed by atoms with Crippen LogP contribution >= 0.6 is 0 Å². The predicted molar refractivity (Wildman–Crippen MR) is 82.7 cm³/mol. The van der Waals surface area contributed by atoms with E-state index in [1.54, 1.807) is 4.68 Å². The summed E-state index contributed by atoms with van der Waals surface area (Å²) in [6.45, 7) is 2.29. The number of hydrogen-bond donors (Lipinski definition) is 0. The standard InChI is InChI=1S/C16H21N5O/c1-12-6-8-14(9-7-12)20(2)16(22)13-4-3-5-15(10-13)21-11-17-18-19-21/h3-5,10-12,14H,6-9H2,1-2H3. The Hall–Kier alpha value is -2.24. The first kappa shape index (κ1) is 14.7. The quantitative estimate of drug-likeness (QED) is 0.872. The molecule has 3 rings (SSSR count). The summed E-state index contributed by atoms with van der Waals surface area (Å²) >= 11 is 0. The van der Waals surface area contributed by atoms with Crippen LogP contribution in [0.4, 0.5) is 0 Å². The summed E-state index contributed by atoms with van der Waals surface area (Å²) in [7, 11) is 1.91. The number of rotatable bonds is 3. The summed E-state index contributed by atoms with van der Waals surface area (Å²) in [6.07, 6.45) is 6.11.